The molecule has 0 atom stereocenters. The minimum absolute atomic E-state index is 0.604. The molecule has 0 unspecified atom stereocenters. The van der Waals surface area contributed by atoms with E-state index in [1.165, 1.54) is 5.56 Å². The number of amidine groups is 1. The molecule has 0 spiro atoms. The van der Waals surface area contributed by atoms with Crippen molar-refractivity contribution in [2.45, 2.75) is 19.5 Å². The molecule has 3 N–H and O–H groups in total. The van der Waals surface area contributed by atoms with E-state index in [-0.39, 0.29) is 0 Å². The largest absolute Gasteiger partial charge is 0.358 e. The summed E-state index contributed by atoms with van der Waals surface area (Å²) >= 11 is 0. The molecule has 1 aromatic carbocycles. The molecule has 164 valence electrons. The molecule has 1 aromatic heterocycles. The average molecular weight is 420 g/mol. The number of hydroxylamine groups is 2. The average Bonchev–Trinajstić information content (AvgIpc) is 3.20. The van der Waals surface area contributed by atoms with Crippen LogP contribution in [-0.4, -0.2) is 49.2 Å². The quantitative estimate of drug-likeness (QED) is 0.459. The fraction of sp³-hybridized carbons (Fsp3) is 0.320. The second kappa shape index (κ2) is 11.5. The summed E-state index contributed by atoms with van der Waals surface area (Å²) in [6, 6.07) is 10.4. The van der Waals surface area contributed by atoms with Crippen molar-refractivity contribution in [2.75, 3.05) is 33.3 Å². The third-order valence-corrected chi connectivity index (χ3v) is 5.16. The van der Waals surface area contributed by atoms with Crippen molar-refractivity contribution in [2.24, 2.45) is 4.99 Å². The number of aliphatic imine (C=N–C) groups is 1. The van der Waals surface area contributed by atoms with Crippen LogP contribution in [0.25, 0.3) is 12.2 Å². The van der Waals surface area contributed by atoms with Crippen LogP contribution >= 0.6 is 0 Å². The van der Waals surface area contributed by atoms with Gasteiger partial charge in [0, 0.05) is 36.6 Å². The molecule has 2 aromatic rings. The van der Waals surface area contributed by atoms with Gasteiger partial charge in [-0.25, -0.2) is 5.06 Å². The molecule has 0 fully saturated rings. The zero-order valence-electron chi connectivity index (χ0n) is 18.4. The Morgan fingerprint density at radius 3 is 2.74 bits per heavy atom. The predicted octanol–water partition coefficient (Wildman–Crippen LogP) is 3.75. The van der Waals surface area contributed by atoms with Crippen molar-refractivity contribution < 1.29 is 4.84 Å². The van der Waals surface area contributed by atoms with Crippen molar-refractivity contribution in [1.29, 1.82) is 0 Å². The van der Waals surface area contributed by atoms with E-state index in [9.17, 15) is 0 Å². The SMILES string of the molecule is C=Cc1ccc(C2=NCCON2CCC(=C)CNCc2cc(CNC)c(C=C)[nH]2)cc1. The highest BCUT2D eigenvalue weighted by Crippen LogP contribution is 2.15. The van der Waals surface area contributed by atoms with Crippen LogP contribution in [0.4, 0.5) is 0 Å². The maximum Gasteiger partial charge on any atom is 0.155 e. The number of hydrogen-bond acceptors (Lipinski definition) is 5. The molecule has 0 saturated carbocycles. The number of benzene rings is 1. The lowest BCUT2D eigenvalue weighted by molar-refractivity contribution is -0.102. The number of hydrogen-bond donors (Lipinski definition) is 3. The number of rotatable bonds is 12. The van der Waals surface area contributed by atoms with Gasteiger partial charge in [0.15, 0.2) is 5.84 Å². The Bertz CT molecular complexity index is 926. The summed E-state index contributed by atoms with van der Waals surface area (Å²) in [5.74, 6) is 0.878. The summed E-state index contributed by atoms with van der Waals surface area (Å²) in [5, 5.41) is 8.54. The summed E-state index contributed by atoms with van der Waals surface area (Å²) in [6.45, 7) is 16.2. The van der Waals surface area contributed by atoms with Crippen LogP contribution in [0.5, 0.6) is 0 Å². The van der Waals surface area contributed by atoms with E-state index >= 15 is 0 Å². The maximum atomic E-state index is 5.88. The lowest BCUT2D eigenvalue weighted by Crippen LogP contribution is -2.37. The second-order valence-electron chi connectivity index (χ2n) is 7.54. The Morgan fingerprint density at radius 2 is 2.03 bits per heavy atom. The fourth-order valence-corrected chi connectivity index (χ4v) is 3.53. The van der Waals surface area contributed by atoms with Gasteiger partial charge < -0.3 is 15.6 Å². The van der Waals surface area contributed by atoms with E-state index in [0.29, 0.717) is 13.2 Å². The van der Waals surface area contributed by atoms with Gasteiger partial charge in [-0.3, -0.25) is 9.83 Å². The molecule has 6 heteroatoms. The molecule has 0 amide bonds. The third kappa shape index (κ3) is 6.28. The first kappa shape index (κ1) is 22.7. The summed E-state index contributed by atoms with van der Waals surface area (Å²) in [6.07, 6.45) is 4.52. The smallest absolute Gasteiger partial charge is 0.155 e. The van der Waals surface area contributed by atoms with E-state index in [4.69, 9.17) is 4.84 Å². The van der Waals surface area contributed by atoms with Gasteiger partial charge in [0.2, 0.25) is 0 Å². The number of nitrogens with zero attached hydrogens (tertiary/aromatic N) is 2. The van der Waals surface area contributed by atoms with E-state index in [0.717, 1.165) is 66.5 Å². The van der Waals surface area contributed by atoms with Gasteiger partial charge in [0.1, 0.15) is 0 Å². The molecular formula is C25H33N5O. The van der Waals surface area contributed by atoms with Crippen molar-refractivity contribution in [3.05, 3.63) is 83.7 Å². The molecule has 3 rings (SSSR count). The monoisotopic (exact) mass is 419 g/mol. The standard InChI is InChI=1S/C25H33N5O/c1-5-20-7-9-21(10-8-20)25-28-12-14-31-30(25)13-11-19(3)16-27-18-23-15-22(17-26-4)24(6-2)29-23/h5-10,15,26-27,29H,1-3,11-14,16-18H2,4H3. The van der Waals surface area contributed by atoms with Crippen molar-refractivity contribution >= 4 is 18.0 Å². The van der Waals surface area contributed by atoms with Crippen LogP contribution in [0.1, 0.15) is 34.5 Å². The Morgan fingerprint density at radius 1 is 1.23 bits per heavy atom. The Balaban J connectivity index is 1.48. The molecule has 0 saturated heterocycles. The molecule has 1 aliphatic heterocycles. The minimum Gasteiger partial charge on any atom is -0.358 e. The molecule has 0 radical (unpaired) electrons. The minimum atomic E-state index is 0.604. The molecular weight excluding hydrogens is 386 g/mol. The van der Waals surface area contributed by atoms with Gasteiger partial charge in [-0.05, 0) is 36.7 Å². The summed E-state index contributed by atoms with van der Waals surface area (Å²) in [5.41, 5.74) is 6.71. The lowest BCUT2D eigenvalue weighted by atomic mass is 10.1. The Hall–Kier alpha value is -2.93. The Labute approximate surface area is 185 Å². The number of nitrogens with one attached hydrogen (secondary N) is 3. The van der Waals surface area contributed by atoms with Gasteiger partial charge in [-0.15, -0.1) is 0 Å². The van der Waals surface area contributed by atoms with Gasteiger partial charge in [-0.2, -0.15) is 0 Å². The molecule has 6 nitrogen and oxygen atoms in total. The highest BCUT2D eigenvalue weighted by molar-refractivity contribution is 5.98. The van der Waals surface area contributed by atoms with Crippen LogP contribution < -0.4 is 10.6 Å². The van der Waals surface area contributed by atoms with E-state index < -0.39 is 0 Å². The van der Waals surface area contributed by atoms with Crippen molar-refractivity contribution in [3.8, 4) is 0 Å². The Kier molecular flexibility index (Phi) is 8.41. The molecule has 1 aliphatic rings. The van der Waals surface area contributed by atoms with E-state index in [1.807, 2.05) is 36.4 Å². The highest BCUT2D eigenvalue weighted by atomic mass is 16.7. The van der Waals surface area contributed by atoms with Crippen LogP contribution in [0, 0.1) is 0 Å². The van der Waals surface area contributed by atoms with Gasteiger partial charge in [-0.1, -0.05) is 55.7 Å². The zero-order chi connectivity index (χ0) is 22.1. The zero-order valence-corrected chi connectivity index (χ0v) is 18.4. The summed E-state index contributed by atoms with van der Waals surface area (Å²) < 4.78 is 0. The third-order valence-electron chi connectivity index (χ3n) is 5.16. The van der Waals surface area contributed by atoms with Crippen LogP contribution in [-0.2, 0) is 17.9 Å². The van der Waals surface area contributed by atoms with Crippen molar-refractivity contribution in [1.82, 2.24) is 20.7 Å². The highest BCUT2D eigenvalue weighted by Gasteiger charge is 2.18. The molecule has 0 aliphatic carbocycles. The molecule has 0 bridgehead atoms. The number of H-pyrrole nitrogens is 1. The number of aromatic nitrogens is 1. The van der Waals surface area contributed by atoms with Gasteiger partial charge in [0.25, 0.3) is 0 Å². The summed E-state index contributed by atoms with van der Waals surface area (Å²) in [7, 11) is 1.94. The van der Waals surface area contributed by atoms with Crippen LogP contribution in [0.2, 0.25) is 0 Å². The lowest BCUT2D eigenvalue weighted by Gasteiger charge is -2.29. The first-order valence-electron chi connectivity index (χ1n) is 10.7. The maximum absolute atomic E-state index is 5.88. The number of aromatic amines is 1. The van der Waals surface area contributed by atoms with E-state index in [1.54, 1.807) is 0 Å². The van der Waals surface area contributed by atoms with Crippen LogP contribution in [0.15, 0.2) is 60.6 Å². The topological polar surface area (TPSA) is 64.7 Å². The van der Waals surface area contributed by atoms with Crippen LogP contribution in [0.3, 0.4) is 0 Å². The fourth-order valence-electron chi connectivity index (χ4n) is 3.53. The normalized spacial score (nSPS) is 13.7. The first-order valence-corrected chi connectivity index (χ1v) is 10.7. The predicted molar refractivity (Wildman–Crippen MR) is 130 cm³/mol. The van der Waals surface area contributed by atoms with Gasteiger partial charge in [0.05, 0.1) is 19.7 Å². The van der Waals surface area contributed by atoms with Crippen molar-refractivity contribution in [3.63, 3.8) is 0 Å². The van der Waals surface area contributed by atoms with Gasteiger partial charge >= 0.3 is 0 Å². The molecule has 31 heavy (non-hydrogen) atoms. The summed E-state index contributed by atoms with van der Waals surface area (Å²) in [4.78, 5) is 14.0. The first-order chi connectivity index (χ1) is 15.1. The molecule has 2 heterocycles. The second-order valence-corrected chi connectivity index (χ2v) is 7.54. The van der Waals surface area contributed by atoms with E-state index in [2.05, 4.69) is 58.5 Å².